The minimum absolute atomic E-state index is 0.111. The molecule has 0 heterocycles. The summed E-state index contributed by atoms with van der Waals surface area (Å²) in [6, 6.07) is 7.45. The molecule has 1 atom stereocenters. The molecule has 0 spiro atoms. The second-order valence-corrected chi connectivity index (χ2v) is 4.83. The third kappa shape index (κ3) is 3.82. The van der Waals surface area contributed by atoms with Crippen molar-refractivity contribution in [3.8, 4) is 11.5 Å². The first kappa shape index (κ1) is 16.4. The second-order valence-electron chi connectivity index (χ2n) is 4.83. The van der Waals surface area contributed by atoms with Crippen LogP contribution in [0.3, 0.4) is 0 Å². The molecule has 0 saturated heterocycles. The molecule has 23 heavy (non-hydrogen) atoms. The maximum Gasteiger partial charge on any atom is 0.270 e. The zero-order valence-corrected chi connectivity index (χ0v) is 12.5. The van der Waals surface area contributed by atoms with Gasteiger partial charge in [-0.1, -0.05) is 17.9 Å². The van der Waals surface area contributed by atoms with Gasteiger partial charge in [-0.15, -0.1) is 0 Å². The van der Waals surface area contributed by atoms with E-state index in [0.29, 0.717) is 5.56 Å². The Kier molecular flexibility index (Phi) is 4.90. The van der Waals surface area contributed by atoms with Gasteiger partial charge in [-0.3, -0.25) is 15.1 Å². The number of nitro benzene ring substituents is 1. The molecule has 2 aromatic carbocycles. The Morgan fingerprint density at radius 1 is 1.30 bits per heavy atom. The number of nitro groups is 1. The number of aliphatic imine (C=N–C) groups is 1. The third-order valence-corrected chi connectivity index (χ3v) is 3.30. The Morgan fingerprint density at radius 2 is 2.04 bits per heavy atom. The van der Waals surface area contributed by atoms with Crippen molar-refractivity contribution >= 4 is 11.9 Å². The van der Waals surface area contributed by atoms with Crippen LogP contribution in [0.15, 0.2) is 41.4 Å². The van der Waals surface area contributed by atoms with Gasteiger partial charge in [0, 0.05) is 18.3 Å². The van der Waals surface area contributed by atoms with Crippen LogP contribution in [0.25, 0.3) is 0 Å². The smallest absolute Gasteiger partial charge is 0.270 e. The standard InChI is InChI=1S/C16H15FN2O4/c1-10(11-3-6-16(23-2)14(17)8-11)18-9-12-7-13(19(21)22)4-5-15(12)20/h3-10,20H,1-2H3/p-1/t10-/m1/s1. The molecule has 0 fully saturated rings. The van der Waals surface area contributed by atoms with Crippen LogP contribution in [-0.2, 0) is 0 Å². The normalized spacial score (nSPS) is 12.3. The zero-order chi connectivity index (χ0) is 17.0. The molecule has 0 N–H and O–H groups in total. The van der Waals surface area contributed by atoms with Gasteiger partial charge < -0.3 is 9.84 Å². The van der Waals surface area contributed by atoms with E-state index in [4.69, 9.17) is 4.74 Å². The van der Waals surface area contributed by atoms with Crippen LogP contribution in [0, 0.1) is 15.9 Å². The maximum atomic E-state index is 13.7. The second kappa shape index (κ2) is 6.87. The van der Waals surface area contributed by atoms with Gasteiger partial charge in [0.15, 0.2) is 11.6 Å². The van der Waals surface area contributed by atoms with Crippen molar-refractivity contribution in [1.82, 2.24) is 0 Å². The molecule has 0 amide bonds. The predicted octanol–water partition coefficient (Wildman–Crippen LogP) is 3.00. The lowest BCUT2D eigenvalue weighted by Crippen LogP contribution is -1.99. The highest BCUT2D eigenvalue weighted by atomic mass is 19.1. The number of nitrogens with zero attached hydrogens (tertiary/aromatic N) is 2. The van der Waals surface area contributed by atoms with E-state index < -0.39 is 16.8 Å². The van der Waals surface area contributed by atoms with E-state index in [1.54, 1.807) is 13.0 Å². The van der Waals surface area contributed by atoms with Gasteiger partial charge in [-0.25, -0.2) is 4.39 Å². The lowest BCUT2D eigenvalue weighted by atomic mass is 10.1. The van der Waals surface area contributed by atoms with E-state index in [1.165, 1.54) is 25.5 Å². The first-order valence-corrected chi connectivity index (χ1v) is 6.74. The van der Waals surface area contributed by atoms with E-state index >= 15 is 0 Å². The Morgan fingerprint density at radius 3 is 2.65 bits per heavy atom. The summed E-state index contributed by atoms with van der Waals surface area (Å²) < 4.78 is 18.5. The summed E-state index contributed by atoms with van der Waals surface area (Å²) in [4.78, 5) is 14.3. The minimum Gasteiger partial charge on any atom is -0.872 e. The Bertz CT molecular complexity index is 762. The van der Waals surface area contributed by atoms with Crippen LogP contribution in [-0.4, -0.2) is 18.2 Å². The molecule has 0 aliphatic heterocycles. The first-order chi connectivity index (χ1) is 10.9. The SMILES string of the molecule is COc1ccc([C@@H](C)N=Cc2cc([N+](=O)[O-])ccc2[O-])cc1F. The summed E-state index contributed by atoms with van der Waals surface area (Å²) in [5.74, 6) is -0.746. The Balaban J connectivity index is 2.24. The molecule has 2 aromatic rings. The summed E-state index contributed by atoms with van der Waals surface area (Å²) in [6.07, 6.45) is 1.27. The number of benzene rings is 2. The highest BCUT2D eigenvalue weighted by Gasteiger charge is 2.09. The van der Waals surface area contributed by atoms with Crippen LogP contribution in [0.4, 0.5) is 10.1 Å². The van der Waals surface area contributed by atoms with Gasteiger partial charge in [-0.05, 0) is 30.2 Å². The maximum absolute atomic E-state index is 13.7. The van der Waals surface area contributed by atoms with E-state index in [-0.39, 0.29) is 22.7 Å². The summed E-state index contributed by atoms with van der Waals surface area (Å²) >= 11 is 0. The average Bonchev–Trinajstić information content (AvgIpc) is 2.53. The van der Waals surface area contributed by atoms with Crippen molar-refractivity contribution in [1.29, 1.82) is 0 Å². The third-order valence-electron chi connectivity index (χ3n) is 3.30. The Labute approximate surface area is 132 Å². The lowest BCUT2D eigenvalue weighted by molar-refractivity contribution is -0.385. The number of ether oxygens (including phenoxy) is 1. The van der Waals surface area contributed by atoms with Crippen molar-refractivity contribution in [2.45, 2.75) is 13.0 Å². The fraction of sp³-hybridized carbons (Fsp3) is 0.188. The predicted molar refractivity (Wildman–Crippen MR) is 81.5 cm³/mol. The summed E-state index contributed by atoms with van der Waals surface area (Å²) in [5, 5.41) is 22.4. The molecule has 0 bridgehead atoms. The van der Waals surface area contributed by atoms with Gasteiger partial charge in [0.25, 0.3) is 5.69 Å². The van der Waals surface area contributed by atoms with Crippen molar-refractivity contribution in [3.05, 3.63) is 63.5 Å². The van der Waals surface area contributed by atoms with E-state index in [0.717, 1.165) is 18.2 Å². The molecule has 0 unspecified atom stereocenters. The van der Waals surface area contributed by atoms with Gasteiger partial charge in [0.1, 0.15) is 0 Å². The lowest BCUT2D eigenvalue weighted by Gasteiger charge is -2.11. The van der Waals surface area contributed by atoms with Crippen molar-refractivity contribution in [3.63, 3.8) is 0 Å². The first-order valence-electron chi connectivity index (χ1n) is 6.74. The zero-order valence-electron chi connectivity index (χ0n) is 12.5. The highest BCUT2D eigenvalue weighted by molar-refractivity contribution is 5.84. The number of hydrogen-bond donors (Lipinski definition) is 0. The van der Waals surface area contributed by atoms with E-state index in [2.05, 4.69) is 4.99 Å². The van der Waals surface area contributed by atoms with Gasteiger partial charge in [0.05, 0.1) is 18.1 Å². The molecule has 7 heteroatoms. The highest BCUT2D eigenvalue weighted by Crippen LogP contribution is 2.24. The molecular weight excluding hydrogens is 303 g/mol. The van der Waals surface area contributed by atoms with Gasteiger partial charge >= 0.3 is 0 Å². The topological polar surface area (TPSA) is 87.8 Å². The molecule has 6 nitrogen and oxygen atoms in total. The van der Waals surface area contributed by atoms with Crippen molar-refractivity contribution in [2.75, 3.05) is 7.11 Å². The van der Waals surface area contributed by atoms with Crippen LogP contribution < -0.4 is 9.84 Å². The van der Waals surface area contributed by atoms with E-state index in [1.807, 2.05) is 0 Å². The van der Waals surface area contributed by atoms with Crippen molar-refractivity contribution in [2.24, 2.45) is 4.99 Å². The van der Waals surface area contributed by atoms with Crippen molar-refractivity contribution < 1.29 is 19.2 Å². The van der Waals surface area contributed by atoms with E-state index in [9.17, 15) is 19.6 Å². The molecule has 0 aliphatic rings. The monoisotopic (exact) mass is 317 g/mol. The quantitative estimate of drug-likeness (QED) is 0.482. The molecule has 120 valence electrons. The van der Waals surface area contributed by atoms with Crippen LogP contribution in [0.1, 0.15) is 24.1 Å². The summed E-state index contributed by atoms with van der Waals surface area (Å²) in [7, 11) is 1.37. The van der Waals surface area contributed by atoms with Gasteiger partial charge in [-0.2, -0.15) is 0 Å². The number of halogens is 1. The summed E-state index contributed by atoms with van der Waals surface area (Å²) in [5.41, 5.74) is 0.520. The molecular formula is C16H14FN2O4-. The fourth-order valence-corrected chi connectivity index (χ4v) is 1.97. The largest absolute Gasteiger partial charge is 0.872 e. The number of methoxy groups -OCH3 is 1. The molecule has 2 rings (SSSR count). The fourth-order valence-electron chi connectivity index (χ4n) is 1.97. The van der Waals surface area contributed by atoms with Gasteiger partial charge in [0.2, 0.25) is 0 Å². The summed E-state index contributed by atoms with van der Waals surface area (Å²) in [6.45, 7) is 1.72. The molecule has 0 radical (unpaired) electrons. The number of non-ortho nitro benzene ring substituents is 1. The van der Waals surface area contributed by atoms with Crippen LogP contribution in [0.5, 0.6) is 11.5 Å². The number of rotatable bonds is 5. The minimum atomic E-state index is -0.584. The molecule has 0 aromatic heterocycles. The Hall–Kier alpha value is -2.96. The van der Waals surface area contributed by atoms with Crippen LogP contribution in [0.2, 0.25) is 0 Å². The average molecular weight is 317 g/mol. The molecule has 0 saturated carbocycles. The molecule has 0 aliphatic carbocycles. The number of hydrogen-bond acceptors (Lipinski definition) is 5. The van der Waals surface area contributed by atoms with Crippen LogP contribution >= 0.6 is 0 Å².